The van der Waals surface area contributed by atoms with Gasteiger partial charge in [0.25, 0.3) is 0 Å². The molecule has 0 aliphatic carbocycles. The molecular formula is C13H18N4. The Labute approximate surface area is 102 Å². The molecule has 2 aromatic heterocycles. The van der Waals surface area contributed by atoms with Gasteiger partial charge in [-0.2, -0.15) is 5.10 Å². The van der Waals surface area contributed by atoms with Gasteiger partial charge in [0.15, 0.2) is 0 Å². The smallest absolute Gasteiger partial charge is 0.0522 e. The molecule has 0 aliphatic heterocycles. The van der Waals surface area contributed by atoms with Crippen LogP contribution in [0.2, 0.25) is 0 Å². The van der Waals surface area contributed by atoms with Crippen LogP contribution in [-0.2, 0) is 19.9 Å². The largest absolute Gasteiger partial charge is 0.316 e. The minimum atomic E-state index is 0.970. The summed E-state index contributed by atoms with van der Waals surface area (Å²) in [5, 5.41) is 7.56. The van der Waals surface area contributed by atoms with E-state index in [1.165, 1.54) is 5.56 Å². The number of pyridine rings is 1. The zero-order chi connectivity index (χ0) is 11.9. The molecule has 0 bridgehead atoms. The molecule has 0 saturated heterocycles. The maximum Gasteiger partial charge on any atom is 0.0522 e. The molecule has 90 valence electrons. The van der Waals surface area contributed by atoms with E-state index >= 15 is 0 Å². The first-order valence-corrected chi connectivity index (χ1v) is 5.93. The predicted octanol–water partition coefficient (Wildman–Crippen LogP) is 1.19. The normalized spacial score (nSPS) is 10.6. The van der Waals surface area contributed by atoms with Crippen molar-refractivity contribution in [2.24, 2.45) is 7.05 Å². The molecule has 2 heterocycles. The second-order valence-corrected chi connectivity index (χ2v) is 4.09. The zero-order valence-corrected chi connectivity index (χ0v) is 10.1. The van der Waals surface area contributed by atoms with Crippen molar-refractivity contribution in [3.8, 4) is 0 Å². The molecule has 17 heavy (non-hydrogen) atoms. The van der Waals surface area contributed by atoms with Gasteiger partial charge in [-0.15, -0.1) is 0 Å². The van der Waals surface area contributed by atoms with E-state index in [4.69, 9.17) is 0 Å². The molecule has 4 heteroatoms. The molecular weight excluding hydrogens is 212 g/mol. The molecule has 1 N–H and O–H groups in total. The van der Waals surface area contributed by atoms with Crippen LogP contribution in [0, 0.1) is 0 Å². The lowest BCUT2D eigenvalue weighted by molar-refractivity contribution is 0.675. The average Bonchev–Trinajstić information content (AvgIpc) is 2.76. The number of rotatable bonds is 6. The maximum absolute atomic E-state index is 4.28. The SMILES string of the molecule is Cn1cc(CCNCCc2ccccn2)cn1. The lowest BCUT2D eigenvalue weighted by Gasteiger charge is -2.03. The summed E-state index contributed by atoms with van der Waals surface area (Å²) in [5.41, 5.74) is 2.42. The number of hydrogen-bond acceptors (Lipinski definition) is 3. The molecule has 0 aliphatic rings. The van der Waals surface area contributed by atoms with Crippen LogP contribution in [0.4, 0.5) is 0 Å². The molecule has 0 aromatic carbocycles. The van der Waals surface area contributed by atoms with Crippen molar-refractivity contribution in [1.82, 2.24) is 20.1 Å². The second kappa shape index (κ2) is 6.15. The Kier molecular flexibility index (Phi) is 4.27. The first kappa shape index (κ1) is 11.8. The lowest BCUT2D eigenvalue weighted by atomic mass is 10.2. The predicted molar refractivity (Wildman–Crippen MR) is 67.7 cm³/mol. The number of nitrogens with one attached hydrogen (secondary N) is 1. The van der Waals surface area contributed by atoms with E-state index < -0.39 is 0 Å². The van der Waals surface area contributed by atoms with Gasteiger partial charge in [-0.1, -0.05) is 6.07 Å². The minimum Gasteiger partial charge on any atom is -0.316 e. The fraction of sp³-hybridized carbons (Fsp3) is 0.385. The van der Waals surface area contributed by atoms with Gasteiger partial charge in [0.1, 0.15) is 0 Å². The van der Waals surface area contributed by atoms with Crippen molar-refractivity contribution in [1.29, 1.82) is 0 Å². The van der Waals surface area contributed by atoms with Gasteiger partial charge in [0.05, 0.1) is 6.20 Å². The number of aromatic nitrogens is 3. The van der Waals surface area contributed by atoms with E-state index in [0.717, 1.165) is 31.6 Å². The Morgan fingerprint density at radius 1 is 1.24 bits per heavy atom. The molecule has 0 radical (unpaired) electrons. The molecule has 0 spiro atoms. The molecule has 2 rings (SSSR count). The summed E-state index contributed by atoms with van der Waals surface area (Å²) >= 11 is 0. The van der Waals surface area contributed by atoms with Gasteiger partial charge in [-0.3, -0.25) is 9.67 Å². The lowest BCUT2D eigenvalue weighted by Crippen LogP contribution is -2.20. The third-order valence-corrected chi connectivity index (χ3v) is 2.63. The Balaban J connectivity index is 1.61. The van der Waals surface area contributed by atoms with Crippen LogP contribution in [0.25, 0.3) is 0 Å². The fourth-order valence-corrected chi connectivity index (χ4v) is 1.72. The summed E-state index contributed by atoms with van der Waals surface area (Å²) in [6, 6.07) is 6.03. The zero-order valence-electron chi connectivity index (χ0n) is 10.1. The molecule has 0 unspecified atom stereocenters. The maximum atomic E-state index is 4.28. The van der Waals surface area contributed by atoms with Gasteiger partial charge in [-0.05, 0) is 30.7 Å². The first-order chi connectivity index (χ1) is 8.34. The Hall–Kier alpha value is -1.68. The highest BCUT2D eigenvalue weighted by Crippen LogP contribution is 1.96. The Morgan fingerprint density at radius 3 is 2.82 bits per heavy atom. The van der Waals surface area contributed by atoms with E-state index in [2.05, 4.69) is 27.7 Å². The highest BCUT2D eigenvalue weighted by atomic mass is 15.2. The molecule has 0 amide bonds. The van der Waals surface area contributed by atoms with Crippen LogP contribution in [0.5, 0.6) is 0 Å². The van der Waals surface area contributed by atoms with E-state index in [-0.39, 0.29) is 0 Å². The summed E-state index contributed by atoms with van der Waals surface area (Å²) in [7, 11) is 1.94. The van der Waals surface area contributed by atoms with Crippen molar-refractivity contribution in [3.63, 3.8) is 0 Å². The third kappa shape index (κ3) is 4.00. The van der Waals surface area contributed by atoms with E-state index in [1.54, 1.807) is 0 Å². The van der Waals surface area contributed by atoms with Crippen LogP contribution in [0.15, 0.2) is 36.8 Å². The monoisotopic (exact) mass is 230 g/mol. The molecule has 2 aromatic rings. The molecule has 0 fully saturated rings. The van der Waals surface area contributed by atoms with E-state index in [0.29, 0.717) is 0 Å². The third-order valence-electron chi connectivity index (χ3n) is 2.63. The van der Waals surface area contributed by atoms with Crippen LogP contribution in [-0.4, -0.2) is 27.9 Å². The number of aryl methyl sites for hydroxylation is 1. The van der Waals surface area contributed by atoms with Crippen LogP contribution >= 0.6 is 0 Å². The van der Waals surface area contributed by atoms with Gasteiger partial charge in [0, 0.05) is 38.1 Å². The highest BCUT2D eigenvalue weighted by Gasteiger charge is 1.96. The quantitative estimate of drug-likeness (QED) is 0.758. The van der Waals surface area contributed by atoms with Gasteiger partial charge in [-0.25, -0.2) is 0 Å². The summed E-state index contributed by atoms with van der Waals surface area (Å²) in [6.45, 7) is 1.95. The van der Waals surface area contributed by atoms with E-state index in [1.807, 2.05) is 36.3 Å². The molecule has 0 saturated carbocycles. The summed E-state index contributed by atoms with van der Waals surface area (Å²) in [6.07, 6.45) is 7.82. The average molecular weight is 230 g/mol. The second-order valence-electron chi connectivity index (χ2n) is 4.09. The molecule has 4 nitrogen and oxygen atoms in total. The Morgan fingerprint density at radius 2 is 2.12 bits per heavy atom. The summed E-state index contributed by atoms with van der Waals surface area (Å²) in [4.78, 5) is 4.28. The summed E-state index contributed by atoms with van der Waals surface area (Å²) in [5.74, 6) is 0. The van der Waals surface area contributed by atoms with Crippen LogP contribution in [0.1, 0.15) is 11.3 Å². The van der Waals surface area contributed by atoms with Crippen molar-refractivity contribution in [2.45, 2.75) is 12.8 Å². The van der Waals surface area contributed by atoms with Gasteiger partial charge < -0.3 is 5.32 Å². The number of nitrogens with zero attached hydrogens (tertiary/aromatic N) is 3. The number of hydrogen-bond donors (Lipinski definition) is 1. The van der Waals surface area contributed by atoms with Crippen molar-refractivity contribution in [3.05, 3.63) is 48.0 Å². The van der Waals surface area contributed by atoms with E-state index in [9.17, 15) is 0 Å². The van der Waals surface area contributed by atoms with Crippen molar-refractivity contribution < 1.29 is 0 Å². The Bertz CT molecular complexity index is 436. The topological polar surface area (TPSA) is 42.7 Å². The first-order valence-electron chi connectivity index (χ1n) is 5.93. The molecule has 0 atom stereocenters. The van der Waals surface area contributed by atoms with Crippen LogP contribution in [0.3, 0.4) is 0 Å². The summed E-state index contributed by atoms with van der Waals surface area (Å²) < 4.78 is 1.84. The van der Waals surface area contributed by atoms with Crippen molar-refractivity contribution in [2.75, 3.05) is 13.1 Å². The highest BCUT2D eigenvalue weighted by molar-refractivity contribution is 5.05. The van der Waals surface area contributed by atoms with Gasteiger partial charge >= 0.3 is 0 Å². The van der Waals surface area contributed by atoms with Crippen LogP contribution < -0.4 is 5.32 Å². The fourth-order valence-electron chi connectivity index (χ4n) is 1.72. The standard InChI is InChI=1S/C13H18N4/c1-17-11-12(10-16-17)5-8-14-9-6-13-4-2-3-7-15-13/h2-4,7,10-11,14H,5-6,8-9H2,1H3. The van der Waals surface area contributed by atoms with Crippen molar-refractivity contribution >= 4 is 0 Å². The van der Waals surface area contributed by atoms with Gasteiger partial charge in [0.2, 0.25) is 0 Å². The minimum absolute atomic E-state index is 0.970.